The highest BCUT2D eigenvalue weighted by Crippen LogP contribution is 2.29. The van der Waals surface area contributed by atoms with E-state index >= 15 is 0 Å². The second kappa shape index (κ2) is 6.65. The second-order valence-electron chi connectivity index (χ2n) is 6.43. The molecule has 2 saturated carbocycles. The van der Waals surface area contributed by atoms with Gasteiger partial charge in [0.1, 0.15) is 0 Å². The van der Waals surface area contributed by atoms with Crippen LogP contribution in [0, 0.1) is 11.7 Å². The first-order valence-corrected chi connectivity index (χ1v) is 8.14. The van der Waals surface area contributed by atoms with E-state index in [2.05, 4.69) is 5.32 Å². The van der Waals surface area contributed by atoms with Gasteiger partial charge in [0.25, 0.3) is 0 Å². The maximum atomic E-state index is 14.0. The molecule has 2 unspecified atom stereocenters. The molecule has 4 nitrogen and oxygen atoms in total. The Morgan fingerprint density at radius 3 is 2.64 bits per heavy atom. The SMILES string of the molecule is NC1CCCC(C(=O)Nc2ccc(OC3CCC3)c(F)c2)C1. The molecule has 2 atom stereocenters. The lowest BCUT2D eigenvalue weighted by atomic mass is 9.85. The number of nitrogens with one attached hydrogen (secondary N) is 1. The number of hydrogen-bond acceptors (Lipinski definition) is 3. The third-order valence-electron chi connectivity index (χ3n) is 4.63. The van der Waals surface area contributed by atoms with Crippen LogP contribution in [0.15, 0.2) is 18.2 Å². The van der Waals surface area contributed by atoms with Crippen LogP contribution in [0.1, 0.15) is 44.9 Å². The molecule has 2 aliphatic rings. The Hall–Kier alpha value is -1.62. The predicted octanol–water partition coefficient (Wildman–Crippen LogP) is 3.21. The monoisotopic (exact) mass is 306 g/mol. The molecule has 0 aromatic heterocycles. The third-order valence-corrected chi connectivity index (χ3v) is 4.63. The summed E-state index contributed by atoms with van der Waals surface area (Å²) < 4.78 is 19.6. The van der Waals surface area contributed by atoms with E-state index in [0.29, 0.717) is 12.1 Å². The number of carbonyl (C=O) groups excluding carboxylic acids is 1. The molecule has 0 heterocycles. The fraction of sp³-hybridized carbons (Fsp3) is 0.588. The van der Waals surface area contributed by atoms with E-state index in [-0.39, 0.29) is 29.7 Å². The minimum atomic E-state index is -0.426. The van der Waals surface area contributed by atoms with Crippen LogP contribution >= 0.6 is 0 Å². The Labute approximate surface area is 130 Å². The van der Waals surface area contributed by atoms with Gasteiger partial charge in [0.2, 0.25) is 5.91 Å². The molecule has 2 fully saturated rings. The summed E-state index contributed by atoms with van der Waals surface area (Å²) in [5, 5.41) is 2.79. The quantitative estimate of drug-likeness (QED) is 0.897. The van der Waals surface area contributed by atoms with E-state index in [1.54, 1.807) is 12.1 Å². The van der Waals surface area contributed by atoms with Gasteiger partial charge in [-0.3, -0.25) is 4.79 Å². The molecule has 5 heteroatoms. The number of nitrogens with two attached hydrogens (primary N) is 1. The van der Waals surface area contributed by atoms with Gasteiger partial charge in [-0.05, 0) is 50.7 Å². The Bertz CT molecular complexity index is 545. The number of benzene rings is 1. The van der Waals surface area contributed by atoms with Crippen molar-refractivity contribution in [2.75, 3.05) is 5.32 Å². The van der Waals surface area contributed by atoms with Crippen LogP contribution in [-0.2, 0) is 4.79 Å². The lowest BCUT2D eigenvalue weighted by molar-refractivity contribution is -0.120. The van der Waals surface area contributed by atoms with Gasteiger partial charge < -0.3 is 15.8 Å². The first-order chi connectivity index (χ1) is 10.6. The second-order valence-corrected chi connectivity index (χ2v) is 6.43. The van der Waals surface area contributed by atoms with E-state index in [1.165, 1.54) is 6.07 Å². The fourth-order valence-corrected chi connectivity index (χ4v) is 3.05. The molecule has 3 N–H and O–H groups in total. The Balaban J connectivity index is 1.59. The molecule has 0 aliphatic heterocycles. The Morgan fingerprint density at radius 1 is 1.23 bits per heavy atom. The largest absolute Gasteiger partial charge is 0.487 e. The summed E-state index contributed by atoms with van der Waals surface area (Å²) >= 11 is 0. The van der Waals surface area contributed by atoms with E-state index in [4.69, 9.17) is 10.5 Å². The zero-order valence-corrected chi connectivity index (χ0v) is 12.7. The molecule has 3 rings (SSSR count). The normalized spacial score (nSPS) is 25.4. The van der Waals surface area contributed by atoms with Crippen molar-refractivity contribution in [3.8, 4) is 5.75 Å². The molecule has 120 valence electrons. The lowest BCUT2D eigenvalue weighted by Gasteiger charge is -2.27. The summed E-state index contributed by atoms with van der Waals surface area (Å²) in [6.45, 7) is 0. The predicted molar refractivity (Wildman–Crippen MR) is 83.2 cm³/mol. The number of halogens is 1. The minimum Gasteiger partial charge on any atom is -0.487 e. The number of hydrogen-bond donors (Lipinski definition) is 2. The molecular formula is C17H23FN2O2. The summed E-state index contributed by atoms with van der Waals surface area (Å²) in [6.07, 6.45) is 6.76. The van der Waals surface area contributed by atoms with Crippen molar-refractivity contribution in [1.29, 1.82) is 0 Å². The zero-order chi connectivity index (χ0) is 15.5. The van der Waals surface area contributed by atoms with Crippen LogP contribution in [0.2, 0.25) is 0 Å². The van der Waals surface area contributed by atoms with E-state index in [0.717, 1.165) is 38.5 Å². The highest BCUT2D eigenvalue weighted by Gasteiger charge is 2.25. The van der Waals surface area contributed by atoms with Gasteiger partial charge >= 0.3 is 0 Å². The third kappa shape index (κ3) is 3.58. The Kier molecular flexibility index (Phi) is 4.62. The van der Waals surface area contributed by atoms with Gasteiger partial charge in [-0.2, -0.15) is 0 Å². The van der Waals surface area contributed by atoms with Gasteiger partial charge in [-0.15, -0.1) is 0 Å². The summed E-state index contributed by atoms with van der Waals surface area (Å²) in [5.74, 6) is -0.299. The summed E-state index contributed by atoms with van der Waals surface area (Å²) in [4.78, 5) is 12.2. The highest BCUT2D eigenvalue weighted by molar-refractivity contribution is 5.92. The molecule has 1 amide bonds. The molecular weight excluding hydrogens is 283 g/mol. The lowest BCUT2D eigenvalue weighted by Crippen LogP contribution is -2.34. The van der Waals surface area contributed by atoms with Crippen molar-refractivity contribution in [3.63, 3.8) is 0 Å². The van der Waals surface area contributed by atoms with Gasteiger partial charge in [0.05, 0.1) is 6.10 Å². The van der Waals surface area contributed by atoms with Gasteiger partial charge in [-0.25, -0.2) is 4.39 Å². The minimum absolute atomic E-state index is 0.0674. The number of amides is 1. The zero-order valence-electron chi connectivity index (χ0n) is 12.7. The summed E-state index contributed by atoms with van der Waals surface area (Å²) in [5.41, 5.74) is 6.38. The molecule has 0 bridgehead atoms. The van der Waals surface area contributed by atoms with Gasteiger partial charge in [0, 0.05) is 23.7 Å². The van der Waals surface area contributed by atoms with Crippen molar-refractivity contribution < 1.29 is 13.9 Å². The topological polar surface area (TPSA) is 64.4 Å². The van der Waals surface area contributed by atoms with Crippen LogP contribution < -0.4 is 15.8 Å². The molecule has 0 radical (unpaired) electrons. The van der Waals surface area contributed by atoms with Crippen LogP contribution in [0.3, 0.4) is 0 Å². The van der Waals surface area contributed by atoms with Gasteiger partial charge in [-0.1, -0.05) is 6.42 Å². The average Bonchev–Trinajstić information content (AvgIpc) is 2.44. The average molecular weight is 306 g/mol. The van der Waals surface area contributed by atoms with Crippen LogP contribution in [0.5, 0.6) is 5.75 Å². The van der Waals surface area contributed by atoms with Crippen LogP contribution in [0.4, 0.5) is 10.1 Å². The first kappa shape index (κ1) is 15.3. The molecule has 0 spiro atoms. The number of rotatable bonds is 4. The molecule has 1 aromatic rings. The fourth-order valence-electron chi connectivity index (χ4n) is 3.05. The van der Waals surface area contributed by atoms with Gasteiger partial charge in [0.15, 0.2) is 11.6 Å². The van der Waals surface area contributed by atoms with Crippen LogP contribution in [-0.4, -0.2) is 18.1 Å². The number of anilines is 1. The van der Waals surface area contributed by atoms with Crippen molar-refractivity contribution in [2.24, 2.45) is 11.7 Å². The van der Waals surface area contributed by atoms with Crippen LogP contribution in [0.25, 0.3) is 0 Å². The van der Waals surface area contributed by atoms with Crippen molar-refractivity contribution in [2.45, 2.75) is 57.1 Å². The smallest absolute Gasteiger partial charge is 0.227 e. The van der Waals surface area contributed by atoms with E-state index < -0.39 is 5.82 Å². The van der Waals surface area contributed by atoms with E-state index in [1.807, 2.05) is 0 Å². The maximum Gasteiger partial charge on any atom is 0.227 e. The van der Waals surface area contributed by atoms with Crippen molar-refractivity contribution in [3.05, 3.63) is 24.0 Å². The van der Waals surface area contributed by atoms with Crippen molar-refractivity contribution in [1.82, 2.24) is 0 Å². The number of carbonyl (C=O) groups is 1. The van der Waals surface area contributed by atoms with Crippen molar-refractivity contribution >= 4 is 11.6 Å². The molecule has 22 heavy (non-hydrogen) atoms. The summed E-state index contributed by atoms with van der Waals surface area (Å²) in [7, 11) is 0. The maximum absolute atomic E-state index is 14.0. The molecule has 2 aliphatic carbocycles. The Morgan fingerprint density at radius 2 is 2.00 bits per heavy atom. The molecule has 0 saturated heterocycles. The first-order valence-electron chi connectivity index (χ1n) is 8.14. The standard InChI is InChI=1S/C17H23FN2O2/c18-15-10-13(7-8-16(15)22-14-5-2-6-14)20-17(21)11-3-1-4-12(19)9-11/h7-8,10-12,14H,1-6,9,19H2,(H,20,21). The van der Waals surface area contributed by atoms with E-state index in [9.17, 15) is 9.18 Å². The summed E-state index contributed by atoms with van der Waals surface area (Å²) in [6, 6.07) is 4.71. The molecule has 1 aromatic carbocycles. The number of ether oxygens (including phenoxy) is 1. The highest BCUT2D eigenvalue weighted by atomic mass is 19.1.